The molecule has 4 amide bonds. The summed E-state index contributed by atoms with van der Waals surface area (Å²) in [6, 6.07) is 4.19. The van der Waals surface area contributed by atoms with Crippen LogP contribution in [-0.2, 0) is 28.6 Å². The average molecular weight is 770 g/mol. The molecular weight excluding hydrogens is 713 g/mol. The third kappa shape index (κ3) is 12.7. The van der Waals surface area contributed by atoms with Gasteiger partial charge in [0.2, 0.25) is 11.8 Å². The monoisotopic (exact) mass is 769 g/mol. The van der Waals surface area contributed by atoms with E-state index in [1.54, 1.807) is 17.0 Å². The fraction of sp³-hybridized carbons (Fsp3) is 0.590. The van der Waals surface area contributed by atoms with Gasteiger partial charge in [-0.05, 0) is 69.5 Å². The van der Waals surface area contributed by atoms with Gasteiger partial charge in [-0.1, -0.05) is 0 Å². The molecule has 3 aliphatic heterocycles. The minimum Gasteiger partial charge on any atom is -0.391 e. The van der Waals surface area contributed by atoms with Crippen molar-refractivity contribution in [2.45, 2.75) is 45.6 Å². The maximum atomic E-state index is 13.9. The molecule has 4 heterocycles. The zero-order valence-electron chi connectivity index (χ0n) is 32.1. The van der Waals surface area contributed by atoms with Crippen LogP contribution in [0.2, 0.25) is 0 Å². The Hall–Kier alpha value is -4.19. The molecule has 1 aromatic carbocycles. The van der Waals surface area contributed by atoms with E-state index in [9.17, 15) is 28.7 Å². The Bertz CT molecular complexity index is 1660. The summed E-state index contributed by atoms with van der Waals surface area (Å²) in [6.45, 7) is 13.5. The maximum Gasteiger partial charge on any atom is 0.256 e. The summed E-state index contributed by atoms with van der Waals surface area (Å²) in [5, 5.41) is 17.9. The molecule has 3 aliphatic rings. The van der Waals surface area contributed by atoms with Gasteiger partial charge in [0, 0.05) is 88.0 Å². The summed E-state index contributed by atoms with van der Waals surface area (Å²) in [5.74, 6) is -1.33. The largest absolute Gasteiger partial charge is 0.391 e. The first kappa shape index (κ1) is 42.0. The first-order chi connectivity index (χ1) is 26.6. The van der Waals surface area contributed by atoms with Crippen LogP contribution in [0.4, 0.5) is 10.1 Å². The number of fused-ring (bicyclic) bond motifs is 1. The van der Waals surface area contributed by atoms with Gasteiger partial charge in [0.25, 0.3) is 11.8 Å². The number of H-pyrrole nitrogens is 1. The summed E-state index contributed by atoms with van der Waals surface area (Å²) in [4.78, 5) is 59.2. The number of ether oxygens (including phenoxy) is 3. The lowest BCUT2D eigenvalue weighted by molar-refractivity contribution is -0.132. The molecule has 0 bridgehead atoms. The van der Waals surface area contributed by atoms with Gasteiger partial charge < -0.3 is 55.0 Å². The molecule has 2 saturated heterocycles. The molecule has 15 nitrogen and oxygen atoms in total. The van der Waals surface area contributed by atoms with E-state index in [4.69, 9.17) is 14.2 Å². The number of piperazine rings is 1. The molecule has 0 unspecified atom stereocenters. The van der Waals surface area contributed by atoms with Crippen molar-refractivity contribution < 1.29 is 42.9 Å². The van der Waals surface area contributed by atoms with E-state index in [2.05, 4.69) is 30.7 Å². The molecule has 2 fully saturated rings. The Kier molecular flexibility index (Phi) is 16.2. The Morgan fingerprint density at radius 2 is 1.60 bits per heavy atom. The lowest BCUT2D eigenvalue weighted by Crippen LogP contribution is -2.47. The number of carbonyl (C=O) groups is 4. The number of carbonyl (C=O) groups excluding carboxylic acids is 4. The van der Waals surface area contributed by atoms with E-state index in [0.717, 1.165) is 57.7 Å². The summed E-state index contributed by atoms with van der Waals surface area (Å²) in [5.41, 5.74) is 4.07. The van der Waals surface area contributed by atoms with Gasteiger partial charge in [-0.2, -0.15) is 0 Å². The van der Waals surface area contributed by atoms with Crippen LogP contribution in [0.15, 0.2) is 18.2 Å². The quantitative estimate of drug-likeness (QED) is 0.0925. The number of nitrogens with one attached hydrogen (secondary N) is 4. The van der Waals surface area contributed by atoms with Gasteiger partial charge >= 0.3 is 0 Å². The van der Waals surface area contributed by atoms with Crippen LogP contribution in [0.25, 0.3) is 11.6 Å². The topological polar surface area (TPSA) is 178 Å². The highest BCUT2D eigenvalue weighted by Crippen LogP contribution is 2.34. The number of hydrogen-bond donors (Lipinski definition) is 5. The van der Waals surface area contributed by atoms with Crippen molar-refractivity contribution in [3.63, 3.8) is 0 Å². The number of benzene rings is 1. The van der Waals surface area contributed by atoms with Crippen LogP contribution in [-0.4, -0.2) is 160 Å². The molecule has 2 aromatic rings. The smallest absolute Gasteiger partial charge is 0.256 e. The lowest BCUT2D eigenvalue weighted by Gasteiger charge is -2.34. The van der Waals surface area contributed by atoms with Crippen molar-refractivity contribution in [1.29, 1.82) is 0 Å². The fourth-order valence-electron chi connectivity index (χ4n) is 6.98. The van der Waals surface area contributed by atoms with Crippen molar-refractivity contribution in [3.05, 3.63) is 52.1 Å². The molecular formula is C39H56FN7O8. The van der Waals surface area contributed by atoms with E-state index in [0.29, 0.717) is 92.9 Å². The highest BCUT2D eigenvalue weighted by molar-refractivity contribution is 6.35. The zero-order valence-corrected chi connectivity index (χ0v) is 32.1. The van der Waals surface area contributed by atoms with Gasteiger partial charge in [0.1, 0.15) is 5.82 Å². The van der Waals surface area contributed by atoms with E-state index in [1.165, 1.54) is 12.1 Å². The number of nitrogens with zero attached hydrogens (tertiary/aromatic N) is 3. The van der Waals surface area contributed by atoms with Crippen LogP contribution in [0.3, 0.4) is 0 Å². The van der Waals surface area contributed by atoms with Gasteiger partial charge in [-0.3, -0.25) is 19.2 Å². The Morgan fingerprint density at radius 1 is 0.927 bits per heavy atom. The van der Waals surface area contributed by atoms with Crippen molar-refractivity contribution in [2.24, 2.45) is 0 Å². The average Bonchev–Trinajstić information content (AvgIpc) is 3.83. The van der Waals surface area contributed by atoms with Gasteiger partial charge in [0.05, 0.1) is 56.8 Å². The second-order valence-electron chi connectivity index (χ2n) is 14.2. The summed E-state index contributed by atoms with van der Waals surface area (Å²) >= 11 is 0. The van der Waals surface area contributed by atoms with Crippen LogP contribution in [0.5, 0.6) is 0 Å². The third-order valence-electron chi connectivity index (χ3n) is 10.1. The number of amides is 4. The van der Waals surface area contributed by atoms with Crippen LogP contribution < -0.4 is 16.0 Å². The Labute approximate surface area is 321 Å². The maximum absolute atomic E-state index is 13.9. The van der Waals surface area contributed by atoms with Crippen molar-refractivity contribution >= 4 is 41.0 Å². The van der Waals surface area contributed by atoms with Crippen molar-refractivity contribution in [3.8, 4) is 0 Å². The number of aromatic nitrogens is 1. The van der Waals surface area contributed by atoms with Gasteiger partial charge in [0.15, 0.2) is 0 Å². The number of aliphatic hydroxyl groups excluding tert-OH is 1. The van der Waals surface area contributed by atoms with Gasteiger partial charge in [-0.15, -0.1) is 0 Å². The van der Waals surface area contributed by atoms with E-state index >= 15 is 0 Å². The Morgan fingerprint density at radius 3 is 2.29 bits per heavy atom. The third-order valence-corrected chi connectivity index (χ3v) is 10.1. The molecule has 0 aliphatic carbocycles. The van der Waals surface area contributed by atoms with Crippen LogP contribution >= 0.6 is 0 Å². The van der Waals surface area contributed by atoms with Crippen LogP contribution in [0.1, 0.15) is 58.6 Å². The van der Waals surface area contributed by atoms with E-state index in [-0.39, 0.29) is 43.2 Å². The van der Waals surface area contributed by atoms with Crippen molar-refractivity contribution in [1.82, 2.24) is 30.3 Å². The number of aromatic amines is 1. The SMILES string of the molecule is Cc1[nH]c(/C=C2\C(=O)Nc3ccc(F)cc32)c(C)c1C(=O)NCCCN1CCN(CCCOCCOCCOCCC(=O)NCC(=O)N2CC[C@@H](O)C2)CC1. The fourth-order valence-corrected chi connectivity index (χ4v) is 6.98. The summed E-state index contributed by atoms with van der Waals surface area (Å²) < 4.78 is 30.5. The van der Waals surface area contributed by atoms with Gasteiger partial charge in [-0.25, -0.2) is 4.39 Å². The molecule has 5 N–H and O–H groups in total. The first-order valence-electron chi connectivity index (χ1n) is 19.3. The number of anilines is 1. The number of rotatable bonds is 21. The predicted molar refractivity (Wildman–Crippen MR) is 205 cm³/mol. The summed E-state index contributed by atoms with van der Waals surface area (Å²) in [7, 11) is 0. The molecule has 0 spiro atoms. The Balaban J connectivity index is 0.838. The second kappa shape index (κ2) is 21.2. The summed E-state index contributed by atoms with van der Waals surface area (Å²) in [6.07, 6.45) is 3.72. The number of β-amino-alcohol motifs (C(OH)–C–C–N with tert-alkyl or cyclic N) is 1. The molecule has 0 radical (unpaired) electrons. The molecule has 302 valence electrons. The number of hydrogen-bond acceptors (Lipinski definition) is 10. The number of aliphatic hydroxyl groups is 1. The zero-order chi connectivity index (χ0) is 39.2. The first-order valence-corrected chi connectivity index (χ1v) is 19.3. The molecule has 16 heteroatoms. The standard InChI is InChI=1S/C39H56FN7O8/c1-27-34(24-32-31-23-29(40)5-6-33(31)44-38(32)51)43-28(2)37(27)39(52)41-9-3-10-45-13-15-46(16-14-45)11-4-17-53-19-21-55-22-20-54-18-8-35(49)42-25-36(50)47-12-7-30(48)26-47/h5-6,23-24,30,43,48H,3-4,7-22,25-26H2,1-2H3,(H,41,52)(H,42,49)(H,44,51)/b32-24-/t30-/m1/s1. The van der Waals surface area contributed by atoms with E-state index < -0.39 is 11.9 Å². The number of halogens is 1. The highest BCUT2D eigenvalue weighted by atomic mass is 19.1. The second-order valence-corrected chi connectivity index (χ2v) is 14.2. The number of aryl methyl sites for hydroxylation is 1. The van der Waals surface area contributed by atoms with Crippen LogP contribution in [0, 0.1) is 19.7 Å². The van der Waals surface area contributed by atoms with E-state index in [1.807, 2.05) is 13.8 Å². The molecule has 55 heavy (non-hydrogen) atoms. The molecule has 1 atom stereocenters. The normalized spacial score (nSPS) is 18.2. The lowest BCUT2D eigenvalue weighted by atomic mass is 10.0. The molecule has 5 rings (SSSR count). The minimum atomic E-state index is -0.477. The predicted octanol–water partition coefficient (Wildman–Crippen LogP) is 1.54. The van der Waals surface area contributed by atoms with Crippen molar-refractivity contribution in [2.75, 3.05) is 110 Å². The molecule has 0 saturated carbocycles. The minimum absolute atomic E-state index is 0.0669. The number of likely N-dealkylation sites (tertiary alicyclic amines) is 1. The molecule has 1 aromatic heterocycles. The highest BCUT2D eigenvalue weighted by Gasteiger charge is 2.27.